The Balaban J connectivity index is 2.08. The average molecular weight is 260 g/mol. The molecule has 2 aliphatic rings. The van der Waals surface area contributed by atoms with Gasteiger partial charge in [0.15, 0.2) is 0 Å². The van der Waals surface area contributed by atoms with E-state index in [4.69, 9.17) is 0 Å². The SMILES string of the molecule is CCN(CC)CNC1C=C(C=O)C2=CC(C)CC=C21. The van der Waals surface area contributed by atoms with Crippen LogP contribution in [0.5, 0.6) is 0 Å². The van der Waals surface area contributed by atoms with Gasteiger partial charge in [-0.2, -0.15) is 0 Å². The summed E-state index contributed by atoms with van der Waals surface area (Å²) in [5.41, 5.74) is 3.27. The zero-order valence-electron chi connectivity index (χ0n) is 12.1. The van der Waals surface area contributed by atoms with Crippen molar-refractivity contribution in [1.82, 2.24) is 10.2 Å². The number of aldehydes is 1. The van der Waals surface area contributed by atoms with Gasteiger partial charge in [0.2, 0.25) is 0 Å². The summed E-state index contributed by atoms with van der Waals surface area (Å²) in [4.78, 5) is 13.5. The molecule has 3 heteroatoms. The third-order valence-electron chi connectivity index (χ3n) is 4.02. The zero-order valence-corrected chi connectivity index (χ0v) is 12.1. The molecule has 0 aliphatic heterocycles. The Morgan fingerprint density at radius 2 is 2.11 bits per heavy atom. The molecule has 2 atom stereocenters. The standard InChI is InChI=1S/C16H24N2O/c1-4-18(5-2)11-17-16-9-13(10-19)15-8-12(3)6-7-14(15)16/h7-10,12,16-17H,4-6,11H2,1-3H3. The number of carbonyl (C=O) groups is 1. The first-order valence-electron chi connectivity index (χ1n) is 7.24. The summed E-state index contributed by atoms with van der Waals surface area (Å²) in [6.45, 7) is 9.47. The monoisotopic (exact) mass is 260 g/mol. The molecule has 2 aliphatic carbocycles. The van der Waals surface area contributed by atoms with Crippen molar-refractivity contribution in [2.45, 2.75) is 33.2 Å². The van der Waals surface area contributed by atoms with Crippen molar-refractivity contribution >= 4 is 6.29 Å². The summed E-state index contributed by atoms with van der Waals surface area (Å²) < 4.78 is 0. The number of nitrogens with zero attached hydrogens (tertiary/aromatic N) is 1. The van der Waals surface area contributed by atoms with E-state index in [0.717, 1.165) is 43.6 Å². The molecule has 1 N–H and O–H groups in total. The smallest absolute Gasteiger partial charge is 0.150 e. The van der Waals surface area contributed by atoms with Gasteiger partial charge in [0.1, 0.15) is 6.29 Å². The summed E-state index contributed by atoms with van der Waals surface area (Å²) >= 11 is 0. The van der Waals surface area contributed by atoms with Gasteiger partial charge in [-0.25, -0.2) is 0 Å². The van der Waals surface area contributed by atoms with Gasteiger partial charge in [0.25, 0.3) is 0 Å². The fourth-order valence-corrected chi connectivity index (χ4v) is 2.73. The Hall–Kier alpha value is -1.19. The molecule has 0 aromatic rings. The largest absolute Gasteiger partial charge is 0.298 e. The van der Waals surface area contributed by atoms with Crippen LogP contribution in [0.1, 0.15) is 27.2 Å². The molecule has 0 saturated carbocycles. The highest BCUT2D eigenvalue weighted by Gasteiger charge is 2.28. The minimum absolute atomic E-state index is 0.194. The molecule has 0 fully saturated rings. The van der Waals surface area contributed by atoms with E-state index in [2.05, 4.69) is 49.2 Å². The summed E-state index contributed by atoms with van der Waals surface area (Å²) in [6, 6.07) is 0.194. The van der Waals surface area contributed by atoms with Gasteiger partial charge in [-0.1, -0.05) is 39.0 Å². The summed E-state index contributed by atoms with van der Waals surface area (Å²) in [5, 5.41) is 3.54. The van der Waals surface area contributed by atoms with Crippen LogP contribution in [0.2, 0.25) is 0 Å². The van der Waals surface area contributed by atoms with Crippen molar-refractivity contribution in [2.24, 2.45) is 5.92 Å². The second-order valence-corrected chi connectivity index (χ2v) is 5.34. The lowest BCUT2D eigenvalue weighted by Gasteiger charge is -2.24. The minimum atomic E-state index is 0.194. The normalized spacial score (nSPS) is 25.8. The molecule has 2 rings (SSSR count). The van der Waals surface area contributed by atoms with Crippen LogP contribution in [0, 0.1) is 5.92 Å². The fraction of sp³-hybridized carbons (Fsp3) is 0.562. The Kier molecular flexibility index (Phi) is 4.72. The zero-order chi connectivity index (χ0) is 13.8. The molecule has 0 amide bonds. The molecule has 0 bridgehead atoms. The maximum absolute atomic E-state index is 11.2. The number of rotatable bonds is 6. The Morgan fingerprint density at radius 1 is 1.37 bits per heavy atom. The van der Waals surface area contributed by atoms with Gasteiger partial charge < -0.3 is 0 Å². The maximum Gasteiger partial charge on any atom is 0.150 e. The molecule has 19 heavy (non-hydrogen) atoms. The van der Waals surface area contributed by atoms with E-state index >= 15 is 0 Å². The lowest BCUT2D eigenvalue weighted by molar-refractivity contribution is -0.104. The van der Waals surface area contributed by atoms with Crippen LogP contribution in [-0.2, 0) is 4.79 Å². The Morgan fingerprint density at radius 3 is 2.74 bits per heavy atom. The predicted octanol–water partition coefficient (Wildman–Crippen LogP) is 2.28. The topological polar surface area (TPSA) is 32.3 Å². The van der Waals surface area contributed by atoms with Crippen molar-refractivity contribution in [2.75, 3.05) is 19.8 Å². The van der Waals surface area contributed by atoms with E-state index in [1.54, 1.807) is 0 Å². The van der Waals surface area contributed by atoms with Crippen LogP contribution in [0.4, 0.5) is 0 Å². The van der Waals surface area contributed by atoms with Gasteiger partial charge in [0.05, 0.1) is 6.04 Å². The minimum Gasteiger partial charge on any atom is -0.298 e. The molecule has 0 radical (unpaired) electrons. The Labute approximate surface area is 116 Å². The molecule has 0 aromatic heterocycles. The third-order valence-corrected chi connectivity index (χ3v) is 4.02. The first-order chi connectivity index (χ1) is 9.19. The summed E-state index contributed by atoms with van der Waals surface area (Å²) in [5.74, 6) is 0.531. The third kappa shape index (κ3) is 3.04. The average Bonchev–Trinajstić information content (AvgIpc) is 2.77. The van der Waals surface area contributed by atoms with E-state index in [1.807, 2.05) is 0 Å². The van der Waals surface area contributed by atoms with Crippen LogP contribution < -0.4 is 5.32 Å². The fourth-order valence-electron chi connectivity index (χ4n) is 2.73. The van der Waals surface area contributed by atoms with Crippen LogP contribution in [0.3, 0.4) is 0 Å². The van der Waals surface area contributed by atoms with Crippen LogP contribution in [0.25, 0.3) is 0 Å². The van der Waals surface area contributed by atoms with E-state index in [1.165, 1.54) is 5.57 Å². The maximum atomic E-state index is 11.2. The summed E-state index contributed by atoms with van der Waals surface area (Å²) in [6.07, 6.45) is 8.63. The molecular weight excluding hydrogens is 236 g/mol. The van der Waals surface area contributed by atoms with Crippen molar-refractivity contribution in [3.63, 3.8) is 0 Å². The lowest BCUT2D eigenvalue weighted by Crippen LogP contribution is -2.39. The van der Waals surface area contributed by atoms with Crippen molar-refractivity contribution < 1.29 is 4.79 Å². The highest BCUT2D eigenvalue weighted by atomic mass is 16.1. The molecule has 0 aromatic carbocycles. The van der Waals surface area contributed by atoms with Gasteiger partial charge in [0, 0.05) is 12.2 Å². The molecule has 0 heterocycles. The van der Waals surface area contributed by atoms with E-state index in [0.29, 0.717) is 5.92 Å². The van der Waals surface area contributed by atoms with Crippen molar-refractivity contribution in [3.05, 3.63) is 34.9 Å². The molecule has 0 saturated heterocycles. The van der Waals surface area contributed by atoms with Gasteiger partial charge in [-0.15, -0.1) is 0 Å². The summed E-state index contributed by atoms with van der Waals surface area (Å²) in [7, 11) is 0. The predicted molar refractivity (Wildman–Crippen MR) is 78.8 cm³/mol. The second kappa shape index (κ2) is 6.31. The van der Waals surface area contributed by atoms with E-state index in [-0.39, 0.29) is 6.04 Å². The van der Waals surface area contributed by atoms with Gasteiger partial charge in [-0.05, 0) is 36.6 Å². The van der Waals surface area contributed by atoms with Gasteiger partial charge >= 0.3 is 0 Å². The highest BCUT2D eigenvalue weighted by molar-refractivity contribution is 5.86. The second-order valence-electron chi connectivity index (χ2n) is 5.34. The van der Waals surface area contributed by atoms with E-state index < -0.39 is 0 Å². The number of allylic oxidation sites excluding steroid dienone is 3. The lowest BCUT2D eigenvalue weighted by atomic mass is 9.90. The first-order valence-corrected chi connectivity index (χ1v) is 7.24. The number of nitrogens with one attached hydrogen (secondary N) is 1. The molecule has 0 spiro atoms. The molecule has 3 nitrogen and oxygen atoms in total. The molecule has 104 valence electrons. The van der Waals surface area contributed by atoms with Crippen LogP contribution in [0.15, 0.2) is 34.9 Å². The number of hydrogen-bond acceptors (Lipinski definition) is 3. The molecular formula is C16H24N2O. The Bertz CT molecular complexity index is 430. The van der Waals surface area contributed by atoms with Crippen molar-refractivity contribution in [3.8, 4) is 0 Å². The first kappa shape index (κ1) is 14.2. The molecule has 2 unspecified atom stereocenters. The van der Waals surface area contributed by atoms with E-state index in [9.17, 15) is 4.79 Å². The van der Waals surface area contributed by atoms with Crippen LogP contribution >= 0.6 is 0 Å². The van der Waals surface area contributed by atoms with Crippen LogP contribution in [-0.4, -0.2) is 37.0 Å². The quantitative estimate of drug-likeness (QED) is 0.587. The number of carbonyl (C=O) groups excluding carboxylic acids is 1. The van der Waals surface area contributed by atoms with Crippen molar-refractivity contribution in [1.29, 1.82) is 0 Å². The van der Waals surface area contributed by atoms with Gasteiger partial charge in [-0.3, -0.25) is 15.0 Å². The number of hydrogen-bond donors (Lipinski definition) is 1. The highest BCUT2D eigenvalue weighted by Crippen LogP contribution is 2.35. The number of fused-ring (bicyclic) bond motifs is 1.